The summed E-state index contributed by atoms with van der Waals surface area (Å²) in [6, 6.07) is 11.3. The van der Waals surface area contributed by atoms with Gasteiger partial charge in [-0.1, -0.05) is 29.8 Å². The number of carbonyl (C=O) groups is 1. The van der Waals surface area contributed by atoms with E-state index in [1.165, 1.54) is 18.3 Å². The highest BCUT2D eigenvalue weighted by Crippen LogP contribution is 2.26. The van der Waals surface area contributed by atoms with Crippen LogP contribution in [0, 0.1) is 0 Å². The SMILES string of the molecule is O=C(O)NCCc1cc2cc(Cl)cnc2n1S(=O)(=O)c1ccccc1. The molecule has 3 aromatic rings. The van der Waals surface area contributed by atoms with Crippen molar-refractivity contribution in [1.29, 1.82) is 0 Å². The molecule has 1 amide bonds. The van der Waals surface area contributed by atoms with Gasteiger partial charge in [0.1, 0.15) is 0 Å². The van der Waals surface area contributed by atoms with Crippen molar-refractivity contribution in [3.05, 3.63) is 59.4 Å². The number of halogens is 1. The number of rotatable bonds is 5. The summed E-state index contributed by atoms with van der Waals surface area (Å²) in [6.45, 7) is 0.0731. The Kier molecular flexibility index (Phi) is 4.65. The molecule has 0 radical (unpaired) electrons. The molecule has 3 rings (SSSR count). The molecular formula is C16H14ClN3O4S. The van der Waals surface area contributed by atoms with Gasteiger partial charge in [0.15, 0.2) is 5.65 Å². The average molecular weight is 380 g/mol. The summed E-state index contributed by atoms with van der Waals surface area (Å²) in [4.78, 5) is 14.9. The minimum Gasteiger partial charge on any atom is -0.465 e. The van der Waals surface area contributed by atoms with E-state index < -0.39 is 16.1 Å². The van der Waals surface area contributed by atoms with E-state index in [-0.39, 0.29) is 23.5 Å². The molecule has 2 heterocycles. The summed E-state index contributed by atoms with van der Waals surface area (Å²) >= 11 is 5.95. The van der Waals surface area contributed by atoms with Crippen molar-refractivity contribution in [3.8, 4) is 0 Å². The third-order valence-electron chi connectivity index (χ3n) is 3.58. The van der Waals surface area contributed by atoms with Crippen LogP contribution in [-0.4, -0.2) is 35.1 Å². The molecular weight excluding hydrogens is 366 g/mol. The Hall–Kier alpha value is -2.58. The fraction of sp³-hybridized carbons (Fsp3) is 0.125. The number of fused-ring (bicyclic) bond motifs is 1. The zero-order valence-corrected chi connectivity index (χ0v) is 14.5. The predicted octanol–water partition coefficient (Wildman–Crippen LogP) is 2.74. The smallest absolute Gasteiger partial charge is 0.404 e. The molecule has 1 aromatic carbocycles. The summed E-state index contributed by atoms with van der Waals surface area (Å²) < 4.78 is 27.3. The van der Waals surface area contributed by atoms with Crippen molar-refractivity contribution < 1.29 is 18.3 Å². The Labute approximate surface area is 148 Å². The van der Waals surface area contributed by atoms with E-state index in [1.807, 2.05) is 0 Å². The maximum absolute atomic E-state index is 13.1. The van der Waals surface area contributed by atoms with E-state index in [2.05, 4.69) is 10.3 Å². The molecule has 0 bridgehead atoms. The van der Waals surface area contributed by atoms with E-state index in [0.717, 1.165) is 3.97 Å². The molecule has 9 heteroatoms. The number of benzene rings is 1. The second kappa shape index (κ2) is 6.73. The Balaban J connectivity index is 2.15. The normalized spacial score (nSPS) is 11.6. The number of nitrogens with zero attached hydrogens (tertiary/aromatic N) is 2. The molecule has 130 valence electrons. The molecule has 0 saturated heterocycles. The fourth-order valence-corrected chi connectivity index (χ4v) is 4.25. The molecule has 0 aliphatic carbocycles. The van der Waals surface area contributed by atoms with Crippen LogP contribution < -0.4 is 5.32 Å². The lowest BCUT2D eigenvalue weighted by Gasteiger charge is -2.11. The van der Waals surface area contributed by atoms with Crippen LogP contribution in [0.5, 0.6) is 0 Å². The standard InChI is InChI=1S/C16H14ClN3O4S/c17-12-8-11-9-13(6-7-18-16(21)22)20(15(11)19-10-12)25(23,24)14-4-2-1-3-5-14/h1-5,8-10,18H,6-7H2,(H,21,22). The fourth-order valence-electron chi connectivity index (χ4n) is 2.54. The zero-order chi connectivity index (χ0) is 18.0. The first-order valence-corrected chi connectivity index (χ1v) is 9.14. The minimum atomic E-state index is -3.88. The molecule has 0 spiro atoms. The summed E-state index contributed by atoms with van der Waals surface area (Å²) in [7, 11) is -3.88. The Morgan fingerprint density at radius 2 is 1.96 bits per heavy atom. The van der Waals surface area contributed by atoms with Gasteiger partial charge in [-0.15, -0.1) is 0 Å². The number of amides is 1. The summed E-state index contributed by atoms with van der Waals surface area (Å²) in [5.74, 6) is 0. The lowest BCUT2D eigenvalue weighted by molar-refractivity contribution is 0.194. The highest BCUT2D eigenvalue weighted by Gasteiger charge is 2.23. The lowest BCUT2D eigenvalue weighted by atomic mass is 10.3. The minimum absolute atomic E-state index is 0.0731. The van der Waals surface area contributed by atoms with Crippen LogP contribution in [0.25, 0.3) is 11.0 Å². The van der Waals surface area contributed by atoms with Crippen molar-refractivity contribution in [1.82, 2.24) is 14.3 Å². The molecule has 0 aliphatic heterocycles. The van der Waals surface area contributed by atoms with Gasteiger partial charge >= 0.3 is 6.09 Å². The Morgan fingerprint density at radius 3 is 2.64 bits per heavy atom. The van der Waals surface area contributed by atoms with Gasteiger partial charge in [0, 0.05) is 30.2 Å². The number of carboxylic acid groups (broad SMARTS) is 1. The number of hydrogen-bond acceptors (Lipinski definition) is 4. The van der Waals surface area contributed by atoms with Crippen molar-refractivity contribution in [2.75, 3.05) is 6.54 Å². The highest BCUT2D eigenvalue weighted by atomic mass is 35.5. The van der Waals surface area contributed by atoms with Crippen molar-refractivity contribution in [2.45, 2.75) is 11.3 Å². The molecule has 0 fully saturated rings. The van der Waals surface area contributed by atoms with Crippen LogP contribution in [-0.2, 0) is 16.4 Å². The first-order valence-electron chi connectivity index (χ1n) is 7.33. The first kappa shape index (κ1) is 17.2. The van der Waals surface area contributed by atoms with Crippen LogP contribution in [0.4, 0.5) is 4.79 Å². The van der Waals surface area contributed by atoms with Gasteiger partial charge in [0.25, 0.3) is 10.0 Å². The van der Waals surface area contributed by atoms with Gasteiger partial charge in [-0.2, -0.15) is 0 Å². The maximum atomic E-state index is 13.1. The molecule has 25 heavy (non-hydrogen) atoms. The van der Waals surface area contributed by atoms with E-state index in [0.29, 0.717) is 16.1 Å². The molecule has 0 unspecified atom stereocenters. The molecule has 0 atom stereocenters. The number of nitrogens with one attached hydrogen (secondary N) is 1. The second-order valence-electron chi connectivity index (χ2n) is 5.27. The van der Waals surface area contributed by atoms with Gasteiger partial charge in [-0.25, -0.2) is 22.2 Å². The average Bonchev–Trinajstić information content (AvgIpc) is 2.93. The quantitative estimate of drug-likeness (QED) is 0.709. The third kappa shape index (κ3) is 3.45. The van der Waals surface area contributed by atoms with Crippen molar-refractivity contribution in [3.63, 3.8) is 0 Å². The number of hydrogen-bond donors (Lipinski definition) is 2. The maximum Gasteiger partial charge on any atom is 0.404 e. The molecule has 0 aliphatic rings. The molecule has 0 saturated carbocycles. The topological polar surface area (TPSA) is 101 Å². The largest absolute Gasteiger partial charge is 0.465 e. The first-order chi connectivity index (χ1) is 11.9. The summed E-state index contributed by atoms with van der Waals surface area (Å²) in [6.07, 6.45) is 0.390. The second-order valence-corrected chi connectivity index (χ2v) is 7.49. The molecule has 2 aromatic heterocycles. The molecule has 7 nitrogen and oxygen atoms in total. The van der Waals surface area contributed by atoms with E-state index in [1.54, 1.807) is 30.3 Å². The monoisotopic (exact) mass is 379 g/mol. The van der Waals surface area contributed by atoms with Crippen molar-refractivity contribution in [2.24, 2.45) is 0 Å². The van der Waals surface area contributed by atoms with Crippen molar-refractivity contribution >= 4 is 38.8 Å². The van der Waals surface area contributed by atoms with E-state index in [4.69, 9.17) is 16.7 Å². The van der Waals surface area contributed by atoms with E-state index in [9.17, 15) is 13.2 Å². The van der Waals surface area contributed by atoms with Gasteiger partial charge in [0.2, 0.25) is 0 Å². The van der Waals surface area contributed by atoms with Crippen LogP contribution in [0.15, 0.2) is 53.6 Å². The Bertz CT molecular complexity index is 1030. The predicted molar refractivity (Wildman–Crippen MR) is 93.5 cm³/mol. The van der Waals surface area contributed by atoms with Crippen LogP contribution in [0.2, 0.25) is 5.02 Å². The number of aromatic nitrogens is 2. The van der Waals surface area contributed by atoms with Gasteiger partial charge in [0.05, 0.1) is 9.92 Å². The third-order valence-corrected chi connectivity index (χ3v) is 5.54. The van der Waals surface area contributed by atoms with Gasteiger partial charge in [-0.05, 0) is 24.3 Å². The summed E-state index contributed by atoms with van der Waals surface area (Å²) in [5, 5.41) is 11.9. The lowest BCUT2D eigenvalue weighted by Crippen LogP contribution is -2.25. The summed E-state index contributed by atoms with van der Waals surface area (Å²) in [5.41, 5.74) is 0.668. The zero-order valence-electron chi connectivity index (χ0n) is 12.9. The van der Waals surface area contributed by atoms with Gasteiger partial charge < -0.3 is 10.4 Å². The van der Waals surface area contributed by atoms with Gasteiger partial charge in [-0.3, -0.25) is 0 Å². The molecule has 2 N–H and O–H groups in total. The van der Waals surface area contributed by atoms with Crippen LogP contribution in [0.3, 0.4) is 0 Å². The highest BCUT2D eigenvalue weighted by molar-refractivity contribution is 7.90. The van der Waals surface area contributed by atoms with Crippen LogP contribution in [0.1, 0.15) is 5.69 Å². The van der Waals surface area contributed by atoms with E-state index >= 15 is 0 Å². The number of pyridine rings is 1. The van der Waals surface area contributed by atoms with Crippen LogP contribution >= 0.6 is 11.6 Å². The Morgan fingerprint density at radius 1 is 1.24 bits per heavy atom.